The predicted octanol–water partition coefficient (Wildman–Crippen LogP) is 2.50. The number of ether oxygens (including phenoxy) is 1. The highest BCUT2D eigenvalue weighted by atomic mass is 19.1. The molecule has 0 unspecified atom stereocenters. The Morgan fingerprint density at radius 2 is 2.24 bits per heavy atom. The van der Waals surface area contributed by atoms with Crippen LogP contribution in [-0.2, 0) is 6.54 Å². The van der Waals surface area contributed by atoms with Gasteiger partial charge in [0.2, 0.25) is 5.88 Å². The number of hydrogen-bond acceptors (Lipinski definition) is 7. The molecular formula is C17H24FN5O2. The third-order valence-corrected chi connectivity index (χ3v) is 4.47. The van der Waals surface area contributed by atoms with Crippen LogP contribution in [0.15, 0.2) is 16.9 Å². The third-order valence-electron chi connectivity index (χ3n) is 4.47. The Balaban J connectivity index is 1.63. The van der Waals surface area contributed by atoms with Gasteiger partial charge in [-0.15, -0.1) is 0 Å². The van der Waals surface area contributed by atoms with Crippen molar-refractivity contribution in [3.63, 3.8) is 0 Å². The molecule has 1 fully saturated rings. The molecule has 2 aromatic heterocycles. The first-order valence-corrected chi connectivity index (χ1v) is 8.55. The van der Waals surface area contributed by atoms with E-state index in [0.717, 1.165) is 17.0 Å². The fourth-order valence-electron chi connectivity index (χ4n) is 3.14. The molecule has 1 aliphatic rings. The molecule has 0 radical (unpaired) electrons. The second-order valence-corrected chi connectivity index (χ2v) is 6.27. The average Bonchev–Trinajstić information content (AvgIpc) is 3.10. The number of nitrogens with zero attached hydrogens (tertiary/aromatic N) is 4. The highest BCUT2D eigenvalue weighted by Gasteiger charge is 2.33. The van der Waals surface area contributed by atoms with Crippen molar-refractivity contribution in [3.8, 4) is 5.88 Å². The molecule has 3 rings (SSSR count). The van der Waals surface area contributed by atoms with Crippen molar-refractivity contribution < 1.29 is 13.7 Å². The summed E-state index contributed by atoms with van der Waals surface area (Å²) in [5.74, 6) is 2.00. The Morgan fingerprint density at radius 1 is 1.40 bits per heavy atom. The maximum atomic E-state index is 14.0. The van der Waals surface area contributed by atoms with Crippen LogP contribution in [0.3, 0.4) is 0 Å². The van der Waals surface area contributed by atoms with E-state index < -0.39 is 6.17 Å². The first-order valence-electron chi connectivity index (χ1n) is 8.55. The number of halogens is 1. The predicted molar refractivity (Wildman–Crippen MR) is 91.4 cm³/mol. The maximum Gasteiger partial charge on any atom is 0.218 e. The Labute approximate surface area is 146 Å². The van der Waals surface area contributed by atoms with Crippen molar-refractivity contribution in [2.45, 2.75) is 46.0 Å². The monoisotopic (exact) mass is 349 g/mol. The van der Waals surface area contributed by atoms with Crippen LogP contribution in [-0.4, -0.2) is 51.9 Å². The van der Waals surface area contributed by atoms with Crippen LogP contribution in [0.1, 0.15) is 30.4 Å². The fourth-order valence-corrected chi connectivity index (χ4v) is 3.14. The molecule has 136 valence electrons. The lowest BCUT2D eigenvalue weighted by molar-refractivity contribution is 0.239. The maximum absolute atomic E-state index is 14.0. The van der Waals surface area contributed by atoms with Crippen LogP contribution in [0.4, 0.5) is 10.2 Å². The van der Waals surface area contributed by atoms with E-state index in [2.05, 4.69) is 25.3 Å². The number of rotatable bonds is 7. The molecule has 2 aromatic rings. The molecule has 25 heavy (non-hydrogen) atoms. The van der Waals surface area contributed by atoms with Gasteiger partial charge in [-0.3, -0.25) is 4.90 Å². The lowest BCUT2D eigenvalue weighted by atomic mass is 10.1. The van der Waals surface area contributed by atoms with Gasteiger partial charge in [0.25, 0.3) is 0 Å². The van der Waals surface area contributed by atoms with E-state index in [1.54, 1.807) is 6.07 Å². The quantitative estimate of drug-likeness (QED) is 0.823. The standard InChI is InChI=1S/C17H24FN5O2/c1-4-24-17-6-16(20-10-21-17)19-7-14-5-13(18)8-23(14)9-15-11(2)22-25-12(15)3/h6,10,13-14H,4-5,7-9H2,1-3H3,(H,19,20,21)/t13-,14-/m0/s1. The zero-order valence-electron chi connectivity index (χ0n) is 14.8. The van der Waals surface area contributed by atoms with Gasteiger partial charge in [-0.05, 0) is 27.2 Å². The number of aryl methyl sites for hydroxylation is 2. The Bertz CT molecular complexity index is 689. The van der Waals surface area contributed by atoms with Gasteiger partial charge >= 0.3 is 0 Å². The molecular weight excluding hydrogens is 325 g/mol. The van der Waals surface area contributed by atoms with Crippen LogP contribution < -0.4 is 10.1 Å². The molecule has 7 nitrogen and oxygen atoms in total. The van der Waals surface area contributed by atoms with Gasteiger partial charge in [0.15, 0.2) is 0 Å². The smallest absolute Gasteiger partial charge is 0.218 e. The molecule has 8 heteroatoms. The number of nitrogens with one attached hydrogen (secondary N) is 1. The molecule has 3 heterocycles. The van der Waals surface area contributed by atoms with Crippen molar-refractivity contribution in [1.29, 1.82) is 0 Å². The molecule has 0 amide bonds. The van der Waals surface area contributed by atoms with E-state index in [-0.39, 0.29) is 6.04 Å². The van der Waals surface area contributed by atoms with Gasteiger partial charge in [-0.1, -0.05) is 5.16 Å². The summed E-state index contributed by atoms with van der Waals surface area (Å²) in [7, 11) is 0. The molecule has 1 N–H and O–H groups in total. The van der Waals surface area contributed by atoms with Crippen LogP contribution in [0.2, 0.25) is 0 Å². The zero-order valence-corrected chi connectivity index (χ0v) is 14.8. The highest BCUT2D eigenvalue weighted by Crippen LogP contribution is 2.25. The topological polar surface area (TPSA) is 76.3 Å². The summed E-state index contributed by atoms with van der Waals surface area (Å²) in [4.78, 5) is 10.4. The molecule has 0 aliphatic carbocycles. The van der Waals surface area contributed by atoms with E-state index in [9.17, 15) is 4.39 Å². The second kappa shape index (κ2) is 7.77. The fraction of sp³-hybridized carbons (Fsp3) is 0.588. The Morgan fingerprint density at radius 3 is 2.96 bits per heavy atom. The summed E-state index contributed by atoms with van der Waals surface area (Å²) in [5.41, 5.74) is 1.91. The van der Waals surface area contributed by atoms with Crippen LogP contribution in [0.5, 0.6) is 5.88 Å². The van der Waals surface area contributed by atoms with Gasteiger partial charge in [0.05, 0.1) is 12.3 Å². The summed E-state index contributed by atoms with van der Waals surface area (Å²) in [5, 5.41) is 7.25. The molecule has 0 spiro atoms. The molecule has 1 aliphatic heterocycles. The van der Waals surface area contributed by atoms with Gasteiger partial charge in [-0.2, -0.15) is 0 Å². The first kappa shape index (κ1) is 17.6. The minimum Gasteiger partial charge on any atom is -0.478 e. The van der Waals surface area contributed by atoms with E-state index in [1.165, 1.54) is 6.33 Å². The SMILES string of the molecule is CCOc1cc(NC[C@@H]2C[C@H](F)CN2Cc2c(C)noc2C)ncn1. The number of alkyl halides is 1. The van der Waals surface area contributed by atoms with Gasteiger partial charge in [-0.25, -0.2) is 14.4 Å². The van der Waals surface area contributed by atoms with Crippen LogP contribution >= 0.6 is 0 Å². The molecule has 1 saturated heterocycles. The van der Waals surface area contributed by atoms with Crippen molar-refractivity contribution in [2.75, 3.05) is 25.0 Å². The normalized spacial score (nSPS) is 20.8. The van der Waals surface area contributed by atoms with Crippen molar-refractivity contribution >= 4 is 5.82 Å². The molecule has 0 aromatic carbocycles. The van der Waals surface area contributed by atoms with E-state index >= 15 is 0 Å². The summed E-state index contributed by atoms with van der Waals surface area (Å²) >= 11 is 0. The van der Waals surface area contributed by atoms with Crippen molar-refractivity contribution in [1.82, 2.24) is 20.0 Å². The number of hydrogen-bond donors (Lipinski definition) is 1. The summed E-state index contributed by atoms with van der Waals surface area (Å²) in [6.07, 6.45) is 1.14. The number of aromatic nitrogens is 3. The molecule has 2 atom stereocenters. The summed E-state index contributed by atoms with van der Waals surface area (Å²) < 4.78 is 24.6. The molecule has 0 saturated carbocycles. The molecule has 0 bridgehead atoms. The van der Waals surface area contributed by atoms with E-state index in [4.69, 9.17) is 9.26 Å². The summed E-state index contributed by atoms with van der Waals surface area (Å²) in [6.45, 7) is 7.92. The lowest BCUT2D eigenvalue weighted by Gasteiger charge is -2.24. The van der Waals surface area contributed by atoms with Crippen LogP contribution in [0.25, 0.3) is 0 Å². The second-order valence-electron chi connectivity index (χ2n) is 6.27. The van der Waals surface area contributed by atoms with Crippen molar-refractivity contribution in [3.05, 3.63) is 29.4 Å². The van der Waals surface area contributed by atoms with Gasteiger partial charge in [0.1, 0.15) is 24.1 Å². The number of likely N-dealkylation sites (tertiary alicyclic amines) is 1. The number of anilines is 1. The Hall–Kier alpha value is -2.22. The van der Waals surface area contributed by atoms with Gasteiger partial charge in [0, 0.05) is 37.3 Å². The average molecular weight is 349 g/mol. The zero-order chi connectivity index (χ0) is 17.8. The largest absolute Gasteiger partial charge is 0.478 e. The lowest BCUT2D eigenvalue weighted by Crippen LogP contribution is -2.35. The Kier molecular flexibility index (Phi) is 5.47. The van der Waals surface area contributed by atoms with Crippen molar-refractivity contribution in [2.24, 2.45) is 0 Å². The van der Waals surface area contributed by atoms with E-state index in [1.807, 2.05) is 20.8 Å². The van der Waals surface area contributed by atoms with Gasteiger partial charge < -0.3 is 14.6 Å². The minimum absolute atomic E-state index is 0.0780. The van der Waals surface area contributed by atoms with Crippen LogP contribution in [0, 0.1) is 13.8 Å². The third kappa shape index (κ3) is 4.25. The van der Waals surface area contributed by atoms with E-state index in [0.29, 0.717) is 44.4 Å². The summed E-state index contributed by atoms with van der Waals surface area (Å²) in [6, 6.07) is 1.83. The first-order chi connectivity index (χ1) is 12.1. The highest BCUT2D eigenvalue weighted by molar-refractivity contribution is 5.37. The minimum atomic E-state index is -0.823.